The number of Topliss-reactive ketones (excluding diaryl/α,β-unsaturated/α-hetero) is 1. The highest BCUT2D eigenvalue weighted by atomic mass is 16.5. The topological polar surface area (TPSA) is 59.5 Å². The Balaban J connectivity index is 2.33. The monoisotopic (exact) mass is 276 g/mol. The Kier molecular flexibility index (Phi) is 4.71. The van der Waals surface area contributed by atoms with E-state index < -0.39 is 0 Å². The summed E-state index contributed by atoms with van der Waals surface area (Å²) in [6.07, 6.45) is 4.37. The first-order valence-corrected chi connectivity index (χ1v) is 7.04. The van der Waals surface area contributed by atoms with E-state index >= 15 is 0 Å². The van der Waals surface area contributed by atoms with Gasteiger partial charge >= 0.3 is 5.97 Å². The summed E-state index contributed by atoms with van der Waals surface area (Å²) in [6, 6.07) is 3.15. The number of ketones is 1. The fraction of sp³-hybridized carbons (Fsp3) is 0.533. The smallest absolute Gasteiger partial charge is 0.328 e. The van der Waals surface area contributed by atoms with Crippen LogP contribution in [0.2, 0.25) is 0 Å². The maximum Gasteiger partial charge on any atom is 0.328 e. The first-order valence-electron chi connectivity index (χ1n) is 7.04. The summed E-state index contributed by atoms with van der Waals surface area (Å²) >= 11 is 0. The molecule has 1 aliphatic rings. The van der Waals surface area contributed by atoms with Gasteiger partial charge in [-0.25, -0.2) is 9.78 Å². The zero-order chi connectivity index (χ0) is 14.5. The maximum absolute atomic E-state index is 12.1. The Hall–Kier alpha value is -1.91. The molecule has 0 aromatic carbocycles. The molecular weight excluding hydrogens is 256 g/mol. The molecule has 1 fully saturated rings. The number of pyridine rings is 1. The van der Waals surface area contributed by atoms with E-state index in [2.05, 4.69) is 4.98 Å². The van der Waals surface area contributed by atoms with Gasteiger partial charge in [0.25, 0.3) is 0 Å². The van der Waals surface area contributed by atoms with Gasteiger partial charge in [-0.05, 0) is 45.2 Å². The number of aromatic nitrogens is 1. The molecule has 1 saturated heterocycles. The van der Waals surface area contributed by atoms with Crippen molar-refractivity contribution in [1.82, 2.24) is 4.98 Å². The molecule has 0 saturated carbocycles. The minimum absolute atomic E-state index is 0.0405. The van der Waals surface area contributed by atoms with Crippen LogP contribution in [0.3, 0.4) is 0 Å². The first kappa shape index (κ1) is 14.5. The number of esters is 1. The molecule has 2 heterocycles. The average molecular weight is 276 g/mol. The molecule has 1 aliphatic heterocycles. The van der Waals surface area contributed by atoms with Gasteiger partial charge < -0.3 is 9.64 Å². The van der Waals surface area contributed by atoms with Crippen molar-refractivity contribution in [2.75, 3.05) is 18.1 Å². The predicted octanol–water partition coefficient (Wildman–Crippen LogP) is 2.21. The molecule has 0 aliphatic carbocycles. The van der Waals surface area contributed by atoms with Crippen LogP contribution in [0.4, 0.5) is 5.82 Å². The quantitative estimate of drug-likeness (QED) is 0.623. The van der Waals surface area contributed by atoms with Gasteiger partial charge in [-0.1, -0.05) is 0 Å². The Morgan fingerprint density at radius 3 is 2.95 bits per heavy atom. The van der Waals surface area contributed by atoms with Crippen LogP contribution in [-0.2, 0) is 9.53 Å². The normalized spacial score (nSPS) is 18.7. The van der Waals surface area contributed by atoms with Crippen LogP contribution >= 0.6 is 0 Å². The van der Waals surface area contributed by atoms with Crippen molar-refractivity contribution < 1.29 is 14.3 Å². The Bertz CT molecular complexity index is 502. The third-order valence-electron chi connectivity index (χ3n) is 3.50. The summed E-state index contributed by atoms with van der Waals surface area (Å²) in [7, 11) is 0. The minimum Gasteiger partial charge on any atom is -0.464 e. The molecule has 1 aromatic rings. The molecule has 2 rings (SSSR count). The number of hydrogen-bond acceptors (Lipinski definition) is 5. The third-order valence-corrected chi connectivity index (χ3v) is 3.50. The van der Waals surface area contributed by atoms with Crippen LogP contribution in [0, 0.1) is 0 Å². The van der Waals surface area contributed by atoms with Crippen molar-refractivity contribution in [3.05, 3.63) is 23.9 Å². The zero-order valence-corrected chi connectivity index (χ0v) is 12.0. The van der Waals surface area contributed by atoms with Gasteiger partial charge in [0.15, 0.2) is 5.78 Å². The van der Waals surface area contributed by atoms with Gasteiger partial charge in [-0.15, -0.1) is 0 Å². The van der Waals surface area contributed by atoms with E-state index in [4.69, 9.17) is 4.74 Å². The van der Waals surface area contributed by atoms with Crippen molar-refractivity contribution in [2.24, 2.45) is 0 Å². The average Bonchev–Trinajstić information content (AvgIpc) is 2.47. The summed E-state index contributed by atoms with van der Waals surface area (Å²) in [5, 5.41) is 0. The van der Waals surface area contributed by atoms with Crippen molar-refractivity contribution in [3.63, 3.8) is 0 Å². The number of anilines is 1. The number of ether oxygens (including phenoxy) is 1. The van der Waals surface area contributed by atoms with Crippen LogP contribution in [0.5, 0.6) is 0 Å². The van der Waals surface area contributed by atoms with Crippen molar-refractivity contribution >= 4 is 17.6 Å². The highest BCUT2D eigenvalue weighted by Gasteiger charge is 2.32. The summed E-state index contributed by atoms with van der Waals surface area (Å²) in [6.45, 7) is 4.41. The second kappa shape index (κ2) is 6.50. The standard InChI is InChI=1S/C15H20N2O3/c1-3-20-15(19)13-8-4-5-10-17(13)14-12(11(2)18)7-6-9-16-14/h6-7,9,13H,3-5,8,10H2,1-2H3. The summed E-state index contributed by atoms with van der Waals surface area (Å²) in [4.78, 5) is 30.0. The van der Waals surface area contributed by atoms with E-state index in [0.717, 1.165) is 25.8 Å². The highest BCUT2D eigenvalue weighted by Crippen LogP contribution is 2.27. The molecule has 0 spiro atoms. The molecule has 0 radical (unpaired) electrons. The van der Waals surface area contributed by atoms with E-state index in [0.29, 0.717) is 18.0 Å². The van der Waals surface area contributed by atoms with Crippen molar-refractivity contribution in [3.8, 4) is 0 Å². The number of rotatable bonds is 4. The molecule has 1 unspecified atom stereocenters. The first-order chi connectivity index (χ1) is 9.65. The minimum atomic E-state index is -0.336. The number of piperidine rings is 1. The predicted molar refractivity (Wildman–Crippen MR) is 75.9 cm³/mol. The van der Waals surface area contributed by atoms with Gasteiger partial charge in [0, 0.05) is 12.7 Å². The summed E-state index contributed by atoms with van der Waals surface area (Å²) in [5.41, 5.74) is 0.559. The lowest BCUT2D eigenvalue weighted by Crippen LogP contribution is -2.46. The molecule has 5 heteroatoms. The van der Waals surface area contributed by atoms with Crippen molar-refractivity contribution in [2.45, 2.75) is 39.2 Å². The number of carbonyl (C=O) groups excluding carboxylic acids is 2. The lowest BCUT2D eigenvalue weighted by atomic mass is 10.0. The number of carbonyl (C=O) groups is 2. The van der Waals surface area contributed by atoms with Gasteiger partial charge in [0.05, 0.1) is 12.2 Å². The van der Waals surface area contributed by atoms with Crippen LogP contribution in [0.15, 0.2) is 18.3 Å². The molecule has 1 aromatic heterocycles. The van der Waals surface area contributed by atoms with Crippen LogP contribution in [0.25, 0.3) is 0 Å². The van der Waals surface area contributed by atoms with E-state index in [1.54, 1.807) is 25.3 Å². The largest absolute Gasteiger partial charge is 0.464 e. The molecular formula is C15H20N2O3. The van der Waals surface area contributed by atoms with E-state index in [9.17, 15) is 9.59 Å². The van der Waals surface area contributed by atoms with Crippen molar-refractivity contribution in [1.29, 1.82) is 0 Å². The SMILES string of the molecule is CCOC(=O)C1CCCCN1c1ncccc1C(C)=O. The zero-order valence-electron chi connectivity index (χ0n) is 12.0. The van der Waals surface area contributed by atoms with Gasteiger partial charge in [0.1, 0.15) is 11.9 Å². The molecule has 0 N–H and O–H groups in total. The molecule has 20 heavy (non-hydrogen) atoms. The second-order valence-corrected chi connectivity index (χ2v) is 4.89. The van der Waals surface area contributed by atoms with Crippen LogP contribution < -0.4 is 4.90 Å². The van der Waals surface area contributed by atoms with Gasteiger partial charge in [0.2, 0.25) is 0 Å². The summed E-state index contributed by atoms with van der Waals surface area (Å²) in [5.74, 6) is 0.325. The Morgan fingerprint density at radius 1 is 1.45 bits per heavy atom. The third kappa shape index (κ3) is 2.98. The lowest BCUT2D eigenvalue weighted by molar-refractivity contribution is -0.145. The number of hydrogen-bond donors (Lipinski definition) is 0. The molecule has 0 amide bonds. The fourth-order valence-corrected chi connectivity index (χ4v) is 2.57. The highest BCUT2D eigenvalue weighted by molar-refractivity contribution is 5.99. The molecule has 0 bridgehead atoms. The van der Waals surface area contributed by atoms with E-state index in [-0.39, 0.29) is 17.8 Å². The molecule has 5 nitrogen and oxygen atoms in total. The van der Waals surface area contributed by atoms with Crippen LogP contribution in [0.1, 0.15) is 43.5 Å². The second-order valence-electron chi connectivity index (χ2n) is 4.89. The number of nitrogens with zero attached hydrogens (tertiary/aromatic N) is 2. The Labute approximate surface area is 118 Å². The van der Waals surface area contributed by atoms with Gasteiger partial charge in [-0.2, -0.15) is 0 Å². The maximum atomic E-state index is 12.1. The van der Waals surface area contributed by atoms with Crippen LogP contribution in [-0.4, -0.2) is 35.9 Å². The molecule has 108 valence electrons. The lowest BCUT2D eigenvalue weighted by Gasteiger charge is -2.35. The van der Waals surface area contributed by atoms with Gasteiger partial charge in [-0.3, -0.25) is 4.79 Å². The van der Waals surface area contributed by atoms with E-state index in [1.165, 1.54) is 6.92 Å². The fourth-order valence-electron chi connectivity index (χ4n) is 2.57. The van der Waals surface area contributed by atoms with E-state index in [1.807, 2.05) is 4.90 Å². The Morgan fingerprint density at radius 2 is 2.25 bits per heavy atom. The molecule has 1 atom stereocenters. The summed E-state index contributed by atoms with van der Waals surface area (Å²) < 4.78 is 5.14.